The molecule has 0 saturated carbocycles. The van der Waals surface area contributed by atoms with Crippen LogP contribution in [-0.2, 0) is 0 Å². The Morgan fingerprint density at radius 3 is 0.974 bits per heavy atom. The van der Waals surface area contributed by atoms with Gasteiger partial charge < -0.3 is 11.5 Å². The van der Waals surface area contributed by atoms with Crippen LogP contribution in [0.3, 0.4) is 0 Å². The summed E-state index contributed by atoms with van der Waals surface area (Å²) in [4.78, 5) is 0. The van der Waals surface area contributed by atoms with Crippen molar-refractivity contribution in [2.75, 3.05) is 0 Å². The van der Waals surface area contributed by atoms with E-state index in [9.17, 15) is 0 Å². The molecule has 0 amide bonds. The molecule has 4 aromatic carbocycles. The molecule has 4 heteroatoms. The maximum absolute atomic E-state index is 6.74. The molecule has 0 aliphatic rings. The average Bonchev–Trinajstić information content (AvgIpc) is 2.87. The van der Waals surface area contributed by atoms with Crippen molar-refractivity contribution in [1.82, 2.24) is 0 Å². The highest BCUT2D eigenvalue weighted by Gasteiger charge is 2.14. The van der Waals surface area contributed by atoms with Gasteiger partial charge in [-0.05, 0) is 72.3 Å². The molecule has 0 saturated heterocycles. The van der Waals surface area contributed by atoms with Crippen molar-refractivity contribution in [2.24, 2.45) is 11.5 Å². The van der Waals surface area contributed by atoms with Gasteiger partial charge in [0.25, 0.3) is 0 Å². The molecule has 4 N–H and O–H groups in total. The molecule has 0 bridgehead atoms. The summed E-state index contributed by atoms with van der Waals surface area (Å²) in [6, 6.07) is 34.1. The molecule has 2 nitrogen and oxygen atoms in total. The van der Waals surface area contributed by atoms with Gasteiger partial charge in [-0.3, -0.25) is 0 Å². The summed E-state index contributed by atoms with van der Waals surface area (Å²) in [7, 11) is 4.26. The fourth-order valence-corrected chi connectivity index (χ4v) is 4.88. The first-order valence-electron chi connectivity index (χ1n) is 13.3. The highest BCUT2D eigenvalue weighted by Crippen LogP contribution is 2.28. The maximum atomic E-state index is 6.74. The largest absolute Gasteiger partial charge is 0.410 e. The molecule has 0 fully saturated rings. The van der Waals surface area contributed by atoms with Gasteiger partial charge in [-0.15, -0.1) is 0 Å². The number of hydrogen-bond acceptors (Lipinski definition) is 2. The number of rotatable bonds is 9. The molecule has 0 heterocycles. The first-order valence-corrected chi connectivity index (χ1v) is 13.3. The van der Waals surface area contributed by atoms with Crippen LogP contribution in [0.25, 0.3) is 11.1 Å². The van der Waals surface area contributed by atoms with Crippen LogP contribution in [0.15, 0.2) is 108 Å². The van der Waals surface area contributed by atoms with E-state index in [2.05, 4.69) is 139 Å². The molecule has 0 aliphatic heterocycles. The molecule has 188 valence electrons. The lowest BCUT2D eigenvalue weighted by Gasteiger charge is -2.16. The summed E-state index contributed by atoms with van der Waals surface area (Å²) in [6.07, 6.45) is 1.59. The SMILES string of the molecule is Cc1cccc(C(=C(N)[B]CC[B]C(N)=C(c2cccc(C)c2)c2cccc(C)c2)c2cccc(C)c2)c1. The zero-order valence-electron chi connectivity index (χ0n) is 23.0. The Balaban J connectivity index is 1.58. The van der Waals surface area contributed by atoms with Gasteiger partial charge in [-0.25, -0.2) is 0 Å². The van der Waals surface area contributed by atoms with E-state index < -0.39 is 0 Å². The van der Waals surface area contributed by atoms with E-state index in [1.807, 2.05) is 0 Å². The van der Waals surface area contributed by atoms with Gasteiger partial charge in [0.05, 0.1) is 0 Å². The van der Waals surface area contributed by atoms with Crippen LogP contribution in [0.2, 0.25) is 12.6 Å². The van der Waals surface area contributed by atoms with Crippen LogP contribution >= 0.6 is 0 Å². The van der Waals surface area contributed by atoms with Gasteiger partial charge in [-0.1, -0.05) is 132 Å². The lowest BCUT2D eigenvalue weighted by molar-refractivity contribution is 1.34. The van der Waals surface area contributed by atoms with Crippen molar-refractivity contribution in [3.63, 3.8) is 0 Å². The van der Waals surface area contributed by atoms with Gasteiger partial charge in [0.2, 0.25) is 0 Å². The molecular weight excluding hydrogens is 458 g/mol. The van der Waals surface area contributed by atoms with Gasteiger partial charge in [0.15, 0.2) is 14.6 Å². The van der Waals surface area contributed by atoms with Crippen molar-refractivity contribution in [3.05, 3.63) is 153 Å². The first kappa shape index (κ1) is 27.1. The molecular formula is C34H36B2N2. The van der Waals surface area contributed by atoms with Crippen LogP contribution in [0, 0.1) is 27.7 Å². The minimum atomic E-state index is 0.787. The Hall–Kier alpha value is -3.91. The second kappa shape index (κ2) is 12.6. The zero-order chi connectivity index (χ0) is 27.1. The van der Waals surface area contributed by atoms with E-state index in [1.54, 1.807) is 0 Å². The molecule has 38 heavy (non-hydrogen) atoms. The van der Waals surface area contributed by atoms with E-state index in [0.717, 1.165) is 57.2 Å². The molecule has 0 spiro atoms. The molecule has 0 atom stereocenters. The summed E-state index contributed by atoms with van der Waals surface area (Å²) >= 11 is 0. The fraction of sp³-hybridized carbons (Fsp3) is 0.176. The zero-order valence-corrected chi connectivity index (χ0v) is 23.0. The third-order valence-electron chi connectivity index (χ3n) is 6.70. The molecule has 0 aromatic heterocycles. The van der Waals surface area contributed by atoms with Gasteiger partial charge >= 0.3 is 0 Å². The normalized spacial score (nSPS) is 10.5. The van der Waals surface area contributed by atoms with E-state index in [4.69, 9.17) is 11.5 Å². The van der Waals surface area contributed by atoms with Gasteiger partial charge in [0, 0.05) is 0 Å². The number of aryl methyl sites for hydroxylation is 4. The summed E-state index contributed by atoms with van der Waals surface area (Å²) in [5, 5.41) is 0. The first-order chi connectivity index (χ1) is 18.3. The molecule has 4 aromatic rings. The number of hydrogen-bond donors (Lipinski definition) is 2. The van der Waals surface area contributed by atoms with E-state index in [-0.39, 0.29) is 0 Å². The summed E-state index contributed by atoms with van der Waals surface area (Å²) in [5.41, 5.74) is 26.6. The Morgan fingerprint density at radius 1 is 0.474 bits per heavy atom. The smallest absolute Gasteiger partial charge is 0.173 e. The van der Waals surface area contributed by atoms with Crippen molar-refractivity contribution in [3.8, 4) is 0 Å². The Kier molecular flexibility index (Phi) is 8.97. The Morgan fingerprint density at radius 2 is 0.737 bits per heavy atom. The minimum Gasteiger partial charge on any atom is -0.410 e. The molecule has 0 unspecified atom stereocenters. The van der Waals surface area contributed by atoms with Crippen molar-refractivity contribution in [2.45, 2.75) is 40.3 Å². The van der Waals surface area contributed by atoms with Gasteiger partial charge in [-0.2, -0.15) is 0 Å². The standard InChI is InChI=1S/C34H36B2N2/c1-23-9-5-13-27(19-23)31(28-14-6-10-24(2)20-28)33(37)35-17-18-36-34(38)32(29-15-7-11-25(3)21-29)30-16-8-12-26(4)22-30/h5-16,19-22H,17-18,37-38H2,1-4H3. The fourth-order valence-electron chi connectivity index (χ4n) is 4.88. The number of nitrogens with two attached hydrogens (primary N) is 2. The van der Waals surface area contributed by atoms with Crippen LogP contribution in [0.1, 0.15) is 44.5 Å². The summed E-state index contributed by atoms with van der Waals surface area (Å²) in [5.74, 6) is 0. The van der Waals surface area contributed by atoms with Gasteiger partial charge in [0.1, 0.15) is 0 Å². The Labute approximate surface area is 230 Å². The van der Waals surface area contributed by atoms with E-state index in [1.165, 1.54) is 22.3 Å². The second-order valence-corrected chi connectivity index (χ2v) is 10.1. The summed E-state index contributed by atoms with van der Waals surface area (Å²) in [6.45, 7) is 8.45. The van der Waals surface area contributed by atoms with Crippen LogP contribution in [0.5, 0.6) is 0 Å². The lowest BCUT2D eigenvalue weighted by atomic mass is 9.57. The number of benzene rings is 4. The van der Waals surface area contributed by atoms with E-state index >= 15 is 0 Å². The highest BCUT2D eigenvalue weighted by atomic mass is 14.6. The quantitative estimate of drug-likeness (QED) is 0.191. The van der Waals surface area contributed by atoms with Crippen molar-refractivity contribution < 1.29 is 0 Å². The second-order valence-electron chi connectivity index (χ2n) is 10.1. The Bertz CT molecular complexity index is 1280. The average molecular weight is 494 g/mol. The minimum absolute atomic E-state index is 0.787. The predicted molar refractivity (Wildman–Crippen MR) is 166 cm³/mol. The molecule has 2 radical (unpaired) electrons. The van der Waals surface area contributed by atoms with E-state index in [0.29, 0.717) is 0 Å². The van der Waals surface area contributed by atoms with Crippen molar-refractivity contribution in [1.29, 1.82) is 0 Å². The molecule has 4 rings (SSSR count). The maximum Gasteiger partial charge on any atom is 0.173 e. The summed E-state index contributed by atoms with van der Waals surface area (Å²) < 4.78 is 0. The highest BCUT2D eigenvalue weighted by molar-refractivity contribution is 6.53. The van der Waals surface area contributed by atoms with Crippen LogP contribution in [-0.4, -0.2) is 14.6 Å². The third kappa shape index (κ3) is 6.89. The van der Waals surface area contributed by atoms with Crippen molar-refractivity contribution >= 4 is 25.7 Å². The topological polar surface area (TPSA) is 52.0 Å². The van der Waals surface area contributed by atoms with Crippen LogP contribution < -0.4 is 11.5 Å². The molecule has 0 aliphatic carbocycles. The lowest BCUT2D eigenvalue weighted by Crippen LogP contribution is -2.14. The monoisotopic (exact) mass is 494 g/mol. The third-order valence-corrected chi connectivity index (χ3v) is 6.70. The predicted octanol–water partition coefficient (Wildman–Crippen LogP) is 7.22. The van der Waals surface area contributed by atoms with Crippen LogP contribution in [0.4, 0.5) is 0 Å².